The van der Waals surface area contributed by atoms with Crippen LogP contribution in [0.15, 0.2) is 28.9 Å². The Bertz CT molecular complexity index is 721. The Morgan fingerprint density at radius 2 is 2.30 bits per heavy atom. The molecule has 1 fully saturated rings. The molecule has 0 spiro atoms. The summed E-state index contributed by atoms with van der Waals surface area (Å²) in [6.45, 7) is 6.10. The molecule has 0 saturated carbocycles. The maximum absolute atomic E-state index is 12.3. The van der Waals surface area contributed by atoms with E-state index < -0.39 is 0 Å². The lowest BCUT2D eigenvalue weighted by molar-refractivity contribution is -0.122. The van der Waals surface area contributed by atoms with Gasteiger partial charge in [-0.15, -0.1) is 6.58 Å². The van der Waals surface area contributed by atoms with E-state index in [1.165, 1.54) is 4.90 Å². The zero-order valence-corrected chi connectivity index (χ0v) is 15.4. The highest BCUT2D eigenvalue weighted by Gasteiger charge is 2.30. The van der Waals surface area contributed by atoms with Crippen molar-refractivity contribution in [1.29, 1.82) is 0 Å². The van der Waals surface area contributed by atoms with Crippen LogP contribution in [0.25, 0.3) is 6.08 Å². The number of nitrogens with one attached hydrogen (secondary N) is 1. The second kappa shape index (κ2) is 7.33. The molecule has 0 bridgehead atoms. The number of halogens is 2. The minimum atomic E-state index is -0.270. The molecule has 1 aromatic carbocycles. The molecule has 1 amide bonds. The molecule has 1 aliphatic rings. The summed E-state index contributed by atoms with van der Waals surface area (Å²) in [4.78, 5) is 13.7. The van der Waals surface area contributed by atoms with Crippen LogP contribution >= 0.6 is 39.7 Å². The zero-order valence-electron chi connectivity index (χ0n) is 12.2. The smallest absolute Gasteiger partial charge is 0.276 e. The third-order valence-electron chi connectivity index (χ3n) is 3.05. The van der Waals surface area contributed by atoms with Gasteiger partial charge in [-0.25, -0.2) is 0 Å². The summed E-state index contributed by atoms with van der Waals surface area (Å²) < 4.78 is 5.66. The van der Waals surface area contributed by atoms with E-state index in [2.05, 4.69) is 27.8 Å². The van der Waals surface area contributed by atoms with Gasteiger partial charge in [0.15, 0.2) is 16.6 Å². The summed E-state index contributed by atoms with van der Waals surface area (Å²) in [7, 11) is 0. The summed E-state index contributed by atoms with van der Waals surface area (Å²) in [5.41, 5.74) is 0.803. The molecule has 2 N–H and O–H groups in total. The minimum Gasteiger partial charge on any atom is -0.503 e. The molecular weight excluding hydrogens is 404 g/mol. The number of aromatic hydroxyl groups is 1. The van der Waals surface area contributed by atoms with Crippen LogP contribution in [0.2, 0.25) is 5.02 Å². The quantitative estimate of drug-likeness (QED) is 0.436. The van der Waals surface area contributed by atoms with Gasteiger partial charge in [0.1, 0.15) is 5.70 Å². The fourth-order valence-electron chi connectivity index (χ4n) is 2.00. The zero-order chi connectivity index (χ0) is 17.1. The molecule has 0 radical (unpaired) electrons. The third kappa shape index (κ3) is 3.52. The number of nitrogens with zero attached hydrogens (tertiary/aromatic N) is 1. The van der Waals surface area contributed by atoms with Gasteiger partial charge in [0, 0.05) is 12.1 Å². The van der Waals surface area contributed by atoms with E-state index in [0.717, 1.165) is 0 Å². The van der Waals surface area contributed by atoms with Gasteiger partial charge in [-0.2, -0.15) is 0 Å². The highest BCUT2D eigenvalue weighted by Crippen LogP contribution is 2.42. The van der Waals surface area contributed by atoms with E-state index in [-0.39, 0.29) is 22.4 Å². The number of benzene rings is 1. The summed E-state index contributed by atoms with van der Waals surface area (Å²) in [5.74, 6) is -0.0896. The lowest BCUT2D eigenvalue weighted by Crippen LogP contribution is -2.30. The minimum absolute atomic E-state index is 0.0893. The number of phenols is 1. The molecule has 0 unspecified atom stereocenters. The largest absolute Gasteiger partial charge is 0.503 e. The van der Waals surface area contributed by atoms with Gasteiger partial charge in [-0.1, -0.05) is 17.7 Å². The number of rotatable bonds is 5. The Hall–Kier alpha value is -1.57. The first kappa shape index (κ1) is 17.8. The Labute approximate surface area is 152 Å². The van der Waals surface area contributed by atoms with E-state index >= 15 is 0 Å². The maximum atomic E-state index is 12.3. The number of ether oxygens (including phenoxy) is 1. The average molecular weight is 418 g/mol. The molecule has 1 saturated heterocycles. The monoisotopic (exact) mass is 416 g/mol. The van der Waals surface area contributed by atoms with Gasteiger partial charge in [0.25, 0.3) is 5.91 Å². The van der Waals surface area contributed by atoms with Gasteiger partial charge < -0.3 is 15.2 Å². The van der Waals surface area contributed by atoms with E-state index in [9.17, 15) is 9.90 Å². The second-order valence-electron chi connectivity index (χ2n) is 4.57. The summed E-state index contributed by atoms with van der Waals surface area (Å²) >= 11 is 14.6. The SMILES string of the molecule is C=CCN1C(=O)/C(=C\c2cc(OCC)c(O)c(Br)c2Cl)NC1=S. The van der Waals surface area contributed by atoms with E-state index in [0.29, 0.717) is 34.0 Å². The Morgan fingerprint density at radius 3 is 2.91 bits per heavy atom. The highest BCUT2D eigenvalue weighted by molar-refractivity contribution is 9.10. The highest BCUT2D eigenvalue weighted by atomic mass is 79.9. The van der Waals surface area contributed by atoms with Gasteiger partial charge in [-0.05, 0) is 47.2 Å². The van der Waals surface area contributed by atoms with Crippen LogP contribution in [0.1, 0.15) is 12.5 Å². The number of phenolic OH excluding ortho intramolecular Hbond substituents is 1. The van der Waals surface area contributed by atoms with Gasteiger partial charge in [0.05, 0.1) is 16.1 Å². The first-order chi connectivity index (χ1) is 10.9. The van der Waals surface area contributed by atoms with E-state index in [1.807, 2.05) is 0 Å². The van der Waals surface area contributed by atoms with E-state index in [1.54, 1.807) is 25.1 Å². The van der Waals surface area contributed by atoms with E-state index in [4.69, 9.17) is 28.6 Å². The predicted octanol–water partition coefficient (Wildman–Crippen LogP) is 3.45. The molecule has 23 heavy (non-hydrogen) atoms. The van der Waals surface area contributed by atoms with Crippen molar-refractivity contribution in [2.75, 3.05) is 13.2 Å². The summed E-state index contributed by atoms with van der Waals surface area (Å²) in [6, 6.07) is 1.56. The number of hydrogen-bond donors (Lipinski definition) is 2. The lowest BCUT2D eigenvalue weighted by atomic mass is 10.1. The fraction of sp³-hybridized carbons (Fsp3) is 0.200. The lowest BCUT2D eigenvalue weighted by Gasteiger charge is -2.11. The van der Waals surface area contributed by atoms with Crippen LogP contribution in [0.4, 0.5) is 0 Å². The van der Waals surface area contributed by atoms with Crippen molar-refractivity contribution >= 4 is 56.8 Å². The van der Waals surface area contributed by atoms with Crippen LogP contribution < -0.4 is 10.1 Å². The summed E-state index contributed by atoms with van der Waals surface area (Å²) in [6.07, 6.45) is 3.15. The van der Waals surface area contributed by atoms with Gasteiger partial charge in [0.2, 0.25) is 0 Å². The normalized spacial score (nSPS) is 16.0. The molecule has 8 heteroatoms. The van der Waals surface area contributed by atoms with Crippen LogP contribution in [-0.2, 0) is 4.79 Å². The molecule has 0 aliphatic carbocycles. The van der Waals surface area contributed by atoms with Crippen LogP contribution in [0, 0.1) is 0 Å². The topological polar surface area (TPSA) is 61.8 Å². The van der Waals surface area contributed by atoms with Crippen molar-refractivity contribution in [2.45, 2.75) is 6.92 Å². The standard InChI is InChI=1S/C15H14BrClN2O3S/c1-3-5-19-14(21)9(18-15(19)23)6-8-7-10(22-4-2)13(20)11(16)12(8)17/h3,6-7,20H,1,4-5H2,2H3,(H,18,23)/b9-6+. The van der Waals surface area contributed by atoms with Crippen molar-refractivity contribution in [1.82, 2.24) is 10.2 Å². The van der Waals surface area contributed by atoms with Crippen molar-refractivity contribution in [2.24, 2.45) is 0 Å². The molecule has 0 atom stereocenters. The Balaban J connectivity index is 2.45. The molecule has 0 aromatic heterocycles. The van der Waals surface area contributed by atoms with Crippen molar-refractivity contribution in [3.8, 4) is 11.5 Å². The van der Waals surface area contributed by atoms with Crippen molar-refractivity contribution < 1.29 is 14.6 Å². The Kier molecular flexibility index (Phi) is 5.67. The van der Waals surface area contributed by atoms with Crippen LogP contribution in [0.5, 0.6) is 11.5 Å². The van der Waals surface area contributed by atoms with Crippen molar-refractivity contribution in [3.63, 3.8) is 0 Å². The Morgan fingerprint density at radius 1 is 1.61 bits per heavy atom. The third-order valence-corrected chi connectivity index (χ3v) is 4.78. The predicted molar refractivity (Wildman–Crippen MR) is 97.6 cm³/mol. The van der Waals surface area contributed by atoms with Gasteiger partial charge >= 0.3 is 0 Å². The van der Waals surface area contributed by atoms with Crippen LogP contribution in [0.3, 0.4) is 0 Å². The molecule has 122 valence electrons. The number of thiocarbonyl (C=S) groups is 1. The number of carbonyl (C=O) groups excluding carboxylic acids is 1. The number of carbonyl (C=O) groups is 1. The fourth-order valence-corrected chi connectivity index (χ4v) is 2.89. The maximum Gasteiger partial charge on any atom is 0.276 e. The molecule has 1 heterocycles. The van der Waals surface area contributed by atoms with Gasteiger partial charge in [-0.3, -0.25) is 9.69 Å². The second-order valence-corrected chi connectivity index (χ2v) is 6.12. The molecule has 5 nitrogen and oxygen atoms in total. The average Bonchev–Trinajstić information content (AvgIpc) is 2.78. The van der Waals surface area contributed by atoms with Crippen LogP contribution in [-0.4, -0.2) is 34.2 Å². The number of hydrogen-bond acceptors (Lipinski definition) is 4. The first-order valence-electron chi connectivity index (χ1n) is 6.69. The molecular formula is C15H14BrClN2O3S. The number of amides is 1. The molecule has 1 aromatic rings. The van der Waals surface area contributed by atoms with Crippen molar-refractivity contribution in [3.05, 3.63) is 39.5 Å². The molecule has 1 aliphatic heterocycles. The summed E-state index contributed by atoms with van der Waals surface area (Å²) in [5, 5.41) is 13.4. The first-order valence-corrected chi connectivity index (χ1v) is 8.27. The molecule has 2 rings (SSSR count).